The van der Waals surface area contributed by atoms with Gasteiger partial charge in [0.05, 0.1) is 75.1 Å². The predicted octanol–water partition coefficient (Wildman–Crippen LogP) is 10.7. The lowest BCUT2D eigenvalue weighted by molar-refractivity contribution is -0.137. The van der Waals surface area contributed by atoms with E-state index in [1.165, 1.54) is 31.8 Å². The monoisotopic (exact) mass is 1670 g/mol. The molecule has 8 N–H and O–H groups in total. The first-order valence-electron chi connectivity index (χ1n) is 41.1. The van der Waals surface area contributed by atoms with Crippen molar-refractivity contribution < 1.29 is 76.4 Å². The third kappa shape index (κ3) is 23.8. The Kier molecular flexibility index (Phi) is 32.9. The van der Waals surface area contributed by atoms with Crippen LogP contribution in [0.25, 0.3) is 21.9 Å². The number of primary amides is 1. The first-order chi connectivity index (χ1) is 59.3. The molecule has 29 heteroatoms. The molecule has 0 aromatic heterocycles. The average molecular weight is 1670 g/mol. The van der Waals surface area contributed by atoms with Crippen molar-refractivity contribution >= 4 is 110 Å². The van der Waals surface area contributed by atoms with Gasteiger partial charge in [-0.05, 0) is 182 Å². The molecule has 8 aromatic carbocycles. The summed E-state index contributed by atoms with van der Waals surface area (Å²) in [6.07, 6.45) is 5.64. The topological polar surface area (TPSA) is 372 Å². The number of nitrogens with one attached hydrogen (secondary N) is 6. The largest absolute Gasteiger partial charge is 0.496 e. The molecular formula is C94H107N13O16. The van der Waals surface area contributed by atoms with Gasteiger partial charge in [-0.3, -0.25) is 52.8 Å². The Balaban J connectivity index is 0.682. The summed E-state index contributed by atoms with van der Waals surface area (Å²) in [7, 11) is 4.83. The van der Waals surface area contributed by atoms with E-state index in [2.05, 4.69) is 57.0 Å². The molecule has 0 unspecified atom stereocenters. The van der Waals surface area contributed by atoms with E-state index in [4.69, 9.17) is 29.4 Å². The van der Waals surface area contributed by atoms with Gasteiger partial charge in [0.1, 0.15) is 49.2 Å². The summed E-state index contributed by atoms with van der Waals surface area (Å²) in [5.74, 6) is -3.10. The molecule has 2 aliphatic heterocycles. The number of likely N-dealkylation sites (N-methyl/N-ethyl adjacent to an activating group) is 2. The van der Waals surface area contributed by atoms with Gasteiger partial charge in [0.25, 0.3) is 29.5 Å². The lowest BCUT2D eigenvalue weighted by Gasteiger charge is -2.35. The maximum absolute atomic E-state index is 15.2. The van der Waals surface area contributed by atoms with E-state index in [1.807, 2.05) is 103 Å². The molecule has 644 valence electrons. The summed E-state index contributed by atoms with van der Waals surface area (Å²) in [4.78, 5) is 154. The predicted molar refractivity (Wildman–Crippen MR) is 469 cm³/mol. The number of hydrogen-bond acceptors (Lipinski definition) is 18. The Morgan fingerprint density at radius 2 is 1.34 bits per heavy atom. The molecule has 0 fully saturated rings. The first-order valence-corrected chi connectivity index (χ1v) is 41.1. The average Bonchev–Trinajstić information content (AvgIpc) is 1.60. The number of imide groups is 1. The molecule has 0 aliphatic carbocycles. The van der Waals surface area contributed by atoms with Crippen molar-refractivity contribution in [1.82, 2.24) is 36.4 Å². The molecule has 0 saturated heterocycles. The van der Waals surface area contributed by atoms with Crippen LogP contribution in [-0.4, -0.2) is 179 Å². The molecule has 123 heavy (non-hydrogen) atoms. The van der Waals surface area contributed by atoms with Crippen molar-refractivity contribution in [1.29, 1.82) is 5.26 Å². The number of urea groups is 1. The number of methoxy groups -OCH3 is 1. The zero-order valence-corrected chi connectivity index (χ0v) is 70.8. The third-order valence-corrected chi connectivity index (χ3v) is 21.5. The number of carbonyl (C=O) groups excluding carboxylic acids is 11. The molecule has 5 atom stereocenters. The van der Waals surface area contributed by atoms with E-state index in [0.29, 0.717) is 78.4 Å². The summed E-state index contributed by atoms with van der Waals surface area (Å²) in [6.45, 7) is 11.8. The van der Waals surface area contributed by atoms with E-state index in [0.717, 1.165) is 49.1 Å². The van der Waals surface area contributed by atoms with Gasteiger partial charge in [0.2, 0.25) is 30.0 Å². The van der Waals surface area contributed by atoms with Crippen LogP contribution in [0.15, 0.2) is 194 Å². The highest BCUT2D eigenvalue weighted by Gasteiger charge is 2.45. The highest BCUT2D eigenvalue weighted by atomic mass is 16.5. The molecule has 0 spiro atoms. The Bertz CT molecular complexity index is 5180. The summed E-state index contributed by atoms with van der Waals surface area (Å²) < 4.78 is 29.8. The minimum absolute atomic E-state index is 0.0143. The number of nitriles is 1. The number of nitrogens with two attached hydrogens (primary N) is 1. The minimum Gasteiger partial charge on any atom is -0.496 e. The van der Waals surface area contributed by atoms with Crippen LogP contribution in [0, 0.1) is 17.2 Å². The highest BCUT2D eigenvalue weighted by Crippen LogP contribution is 2.42. The second-order valence-corrected chi connectivity index (χ2v) is 30.3. The number of unbranched alkanes of at least 4 members (excludes halogenated alkanes) is 2. The summed E-state index contributed by atoms with van der Waals surface area (Å²) in [5.41, 5.74) is 12.0. The number of hydrogen-bond donors (Lipinski definition) is 7. The number of carbonyl (C=O) groups is 11. The van der Waals surface area contributed by atoms with Crippen LogP contribution >= 0.6 is 0 Å². The van der Waals surface area contributed by atoms with E-state index < -0.39 is 77.2 Å². The number of allylic oxidation sites excluding steroid dienone is 1. The molecule has 29 nitrogen and oxygen atoms in total. The molecule has 0 saturated carbocycles. The van der Waals surface area contributed by atoms with Crippen LogP contribution < -0.4 is 66.5 Å². The zero-order valence-electron chi connectivity index (χ0n) is 70.8. The van der Waals surface area contributed by atoms with Gasteiger partial charge in [-0.1, -0.05) is 138 Å². The highest BCUT2D eigenvalue weighted by molar-refractivity contribution is 6.15. The van der Waals surface area contributed by atoms with Gasteiger partial charge >= 0.3 is 6.03 Å². The number of ether oxygens (including phenoxy) is 5. The third-order valence-electron chi connectivity index (χ3n) is 21.5. The standard InChI is InChI=1S/C94H107N13O16/c1-10-47-94(102-93(96)118,101-89(114)86(61(3)4)99-81(109)24-16-13-19-48-105-82(110)45-46-83(105)111)92(117)98-71-35-25-64(26-36-71)58-123-74-41-32-69(33-42-74)85(75(11-2)66-20-14-12-15-21-66)68-30-39-73(40-31-68)122-52-49-103(8)84(112)59-121-54-53-120-51-50-104(60-108)72-37-28-70(29-38-72)90(115)107-63(6)87(100-88(113)62(5)97-7)91(116)106(78-43-27-65(56-95)55-79(78)107)57-77-76-23-18-17-22-67(76)34-44-80(77)119-9/h12,14-15,17-18,20-23,25-46,55,60-63,86-87,97H,10-11,13,16,19,24,47-54,57-59H2,1-9H3,(H,98,117)(H,99,109)(H,100,113)(H,101,114)(H3,96,102,118)/b85-75+/t62-,63-,86-,87-,94-/m0/s1. The van der Waals surface area contributed by atoms with Crippen molar-refractivity contribution in [2.24, 2.45) is 11.7 Å². The molecule has 12 amide bonds. The van der Waals surface area contributed by atoms with Crippen LogP contribution in [0.3, 0.4) is 0 Å². The quantitative estimate of drug-likeness (QED) is 0.00614. The summed E-state index contributed by atoms with van der Waals surface area (Å²) in [5, 5.41) is 28.5. The Morgan fingerprint density at radius 1 is 0.683 bits per heavy atom. The Morgan fingerprint density at radius 3 is 1.98 bits per heavy atom. The van der Waals surface area contributed by atoms with Gasteiger partial charge in [-0.25, -0.2) is 4.79 Å². The maximum atomic E-state index is 15.2. The Labute approximate surface area is 716 Å². The molecule has 0 bridgehead atoms. The molecular weight excluding hydrogens is 1570 g/mol. The minimum atomic E-state index is -2.00. The van der Waals surface area contributed by atoms with Crippen molar-refractivity contribution in [2.75, 3.05) is 93.9 Å². The van der Waals surface area contributed by atoms with Gasteiger partial charge < -0.3 is 80.9 Å². The molecule has 2 aliphatic rings. The lowest BCUT2D eigenvalue weighted by atomic mass is 9.88. The lowest BCUT2D eigenvalue weighted by Crippen LogP contribution is -2.70. The van der Waals surface area contributed by atoms with Crippen LogP contribution in [0.2, 0.25) is 0 Å². The molecule has 2 heterocycles. The Hall–Kier alpha value is -13.6. The maximum Gasteiger partial charge on any atom is 0.314 e. The normalized spacial score (nSPS) is 14.8. The fourth-order valence-electron chi connectivity index (χ4n) is 14.6. The second-order valence-electron chi connectivity index (χ2n) is 30.3. The smallest absolute Gasteiger partial charge is 0.314 e. The molecule has 8 aromatic rings. The van der Waals surface area contributed by atoms with Crippen molar-refractivity contribution in [3.8, 4) is 23.3 Å². The van der Waals surface area contributed by atoms with E-state index in [9.17, 15) is 48.4 Å². The summed E-state index contributed by atoms with van der Waals surface area (Å²) >= 11 is 0. The molecule has 0 radical (unpaired) electrons. The molecule has 10 rings (SSSR count). The fourth-order valence-corrected chi connectivity index (χ4v) is 14.6. The number of fused-ring (bicyclic) bond motifs is 2. The van der Waals surface area contributed by atoms with E-state index in [1.54, 1.807) is 123 Å². The van der Waals surface area contributed by atoms with E-state index in [-0.39, 0.29) is 113 Å². The summed E-state index contributed by atoms with van der Waals surface area (Å²) in [6, 6.07) is 52.3. The number of amides is 12. The van der Waals surface area contributed by atoms with Crippen LogP contribution in [-0.2, 0) is 65.8 Å². The number of nitrogens with zero attached hydrogens (tertiary/aromatic N) is 6. The number of rotatable bonds is 43. The SMILES string of the molecule is CCC[C@@](NC(N)=O)(NC(=O)[C@@H](NC(=O)CCCCCN1C(=O)C=CC1=O)C(C)C)C(=O)Nc1ccc(COc2ccc(/C(=C(\CC)c3ccccc3)c3ccc(OCCN(C)C(=O)COCCOCCN(C=O)c4ccc(C(=O)N5c6cc(C#N)ccc6N(Cc6c(OC)ccc7ccccc67)C(=O)[C@@H](NC(=O)[C@H](C)NC)[C@@H]5C)cc4)cc3)cc2)cc1. The number of benzene rings is 8. The van der Waals surface area contributed by atoms with Crippen LogP contribution in [0.4, 0.5) is 27.5 Å². The zero-order chi connectivity index (χ0) is 88.3. The van der Waals surface area contributed by atoms with Gasteiger partial charge in [-0.15, -0.1) is 0 Å². The van der Waals surface area contributed by atoms with Crippen LogP contribution in [0.1, 0.15) is 130 Å². The van der Waals surface area contributed by atoms with Crippen molar-refractivity contribution in [2.45, 2.75) is 129 Å². The fraction of sp³-hybridized carbons (Fsp3) is 0.340. The van der Waals surface area contributed by atoms with Crippen molar-refractivity contribution in [3.63, 3.8) is 0 Å². The first kappa shape index (κ1) is 91.7. The van der Waals surface area contributed by atoms with Crippen molar-refractivity contribution in [3.05, 3.63) is 233 Å². The second kappa shape index (κ2) is 44.1. The van der Waals surface area contributed by atoms with Gasteiger partial charge in [0.15, 0.2) is 5.66 Å². The van der Waals surface area contributed by atoms with E-state index >= 15 is 9.59 Å². The van der Waals surface area contributed by atoms with Gasteiger partial charge in [-0.2, -0.15) is 5.26 Å². The number of anilines is 4. The van der Waals surface area contributed by atoms with Crippen LogP contribution in [0.5, 0.6) is 17.2 Å². The van der Waals surface area contributed by atoms with Gasteiger partial charge in [0, 0.05) is 61.2 Å².